The second kappa shape index (κ2) is 6.32. The van der Waals surface area contributed by atoms with E-state index in [-0.39, 0.29) is 12.0 Å². The molecule has 0 aromatic rings. The summed E-state index contributed by atoms with van der Waals surface area (Å²) in [7, 11) is -3.36. The lowest BCUT2D eigenvalue weighted by Gasteiger charge is -2.31. The largest absolute Gasteiger partial charge is 0.396 e. The number of rotatable bonds is 6. The lowest BCUT2D eigenvalue weighted by atomic mass is 9.90. The minimum Gasteiger partial charge on any atom is -0.396 e. The maximum Gasteiger partial charge on any atom is 0.279 e. The SMILES string of the molecule is CC1CCN(S(=O)(=O)NCC(C)(C)CCO)CC1. The Morgan fingerprint density at radius 3 is 2.39 bits per heavy atom. The second-order valence-corrected chi connectivity index (χ2v) is 7.80. The van der Waals surface area contributed by atoms with Crippen LogP contribution in [0.1, 0.15) is 40.0 Å². The molecule has 0 unspecified atom stereocenters. The predicted octanol–water partition coefficient (Wildman–Crippen LogP) is 0.961. The molecule has 0 spiro atoms. The monoisotopic (exact) mass is 278 g/mol. The van der Waals surface area contributed by atoms with Crippen LogP contribution in [0.4, 0.5) is 0 Å². The summed E-state index contributed by atoms with van der Waals surface area (Å²) in [5, 5.41) is 8.92. The van der Waals surface area contributed by atoms with Gasteiger partial charge >= 0.3 is 0 Å². The molecule has 0 aromatic carbocycles. The van der Waals surface area contributed by atoms with Crippen LogP contribution in [-0.4, -0.2) is 44.1 Å². The Hall–Kier alpha value is -0.170. The first-order chi connectivity index (χ1) is 8.27. The van der Waals surface area contributed by atoms with Gasteiger partial charge in [-0.15, -0.1) is 0 Å². The van der Waals surface area contributed by atoms with Gasteiger partial charge in [0.25, 0.3) is 10.2 Å². The normalized spacial score (nSPS) is 20.2. The first kappa shape index (κ1) is 15.9. The van der Waals surface area contributed by atoms with Crippen molar-refractivity contribution in [3.63, 3.8) is 0 Å². The molecular weight excluding hydrogens is 252 g/mol. The highest BCUT2D eigenvalue weighted by Gasteiger charge is 2.28. The quantitative estimate of drug-likeness (QED) is 0.760. The van der Waals surface area contributed by atoms with Crippen molar-refractivity contribution in [3.05, 3.63) is 0 Å². The van der Waals surface area contributed by atoms with Gasteiger partial charge in [-0.05, 0) is 30.6 Å². The van der Waals surface area contributed by atoms with Crippen LogP contribution in [-0.2, 0) is 10.2 Å². The molecule has 1 rings (SSSR count). The molecule has 1 fully saturated rings. The number of nitrogens with zero attached hydrogens (tertiary/aromatic N) is 1. The van der Waals surface area contributed by atoms with E-state index in [9.17, 15) is 8.42 Å². The molecule has 0 saturated carbocycles. The minimum absolute atomic E-state index is 0.0793. The number of aliphatic hydroxyl groups is 1. The Morgan fingerprint density at radius 1 is 1.33 bits per heavy atom. The Balaban J connectivity index is 2.50. The summed E-state index contributed by atoms with van der Waals surface area (Å²) in [5.41, 5.74) is -0.217. The van der Waals surface area contributed by atoms with Gasteiger partial charge in [-0.2, -0.15) is 12.7 Å². The van der Waals surface area contributed by atoms with E-state index in [2.05, 4.69) is 11.6 Å². The van der Waals surface area contributed by atoms with E-state index in [1.165, 1.54) is 4.31 Å². The van der Waals surface area contributed by atoms with E-state index in [4.69, 9.17) is 5.11 Å². The van der Waals surface area contributed by atoms with Crippen molar-refractivity contribution in [2.75, 3.05) is 26.2 Å². The van der Waals surface area contributed by atoms with Crippen LogP contribution in [0.3, 0.4) is 0 Å². The van der Waals surface area contributed by atoms with E-state index in [0.29, 0.717) is 32.0 Å². The van der Waals surface area contributed by atoms with Crippen molar-refractivity contribution in [2.45, 2.75) is 40.0 Å². The van der Waals surface area contributed by atoms with Crippen LogP contribution in [0.5, 0.6) is 0 Å². The number of hydrogen-bond donors (Lipinski definition) is 2. The zero-order valence-electron chi connectivity index (χ0n) is 11.6. The highest BCUT2D eigenvalue weighted by Crippen LogP contribution is 2.21. The lowest BCUT2D eigenvalue weighted by Crippen LogP contribution is -2.47. The van der Waals surface area contributed by atoms with Gasteiger partial charge < -0.3 is 5.11 Å². The Bertz CT molecular complexity index is 346. The minimum atomic E-state index is -3.36. The van der Waals surface area contributed by atoms with Crippen LogP contribution < -0.4 is 4.72 Å². The van der Waals surface area contributed by atoms with Gasteiger partial charge in [0, 0.05) is 26.2 Å². The van der Waals surface area contributed by atoms with Crippen molar-refractivity contribution in [3.8, 4) is 0 Å². The van der Waals surface area contributed by atoms with Crippen LogP contribution in [0.25, 0.3) is 0 Å². The smallest absolute Gasteiger partial charge is 0.279 e. The molecule has 0 aromatic heterocycles. The topological polar surface area (TPSA) is 69.6 Å². The standard InChI is InChI=1S/C12H26N2O3S/c1-11-4-7-14(8-5-11)18(16,17)13-10-12(2,3)6-9-15/h11,13,15H,4-10H2,1-3H3. The third kappa shape index (κ3) is 4.84. The molecule has 1 saturated heterocycles. The molecule has 6 heteroatoms. The summed E-state index contributed by atoms with van der Waals surface area (Å²) in [6.45, 7) is 7.71. The average Bonchev–Trinajstić information content (AvgIpc) is 2.27. The van der Waals surface area contributed by atoms with Crippen molar-refractivity contribution >= 4 is 10.2 Å². The van der Waals surface area contributed by atoms with Crippen LogP contribution >= 0.6 is 0 Å². The number of nitrogens with one attached hydrogen (secondary N) is 1. The van der Waals surface area contributed by atoms with E-state index in [1.54, 1.807) is 0 Å². The van der Waals surface area contributed by atoms with Crippen LogP contribution in [0.15, 0.2) is 0 Å². The van der Waals surface area contributed by atoms with E-state index < -0.39 is 10.2 Å². The highest BCUT2D eigenvalue weighted by molar-refractivity contribution is 7.87. The van der Waals surface area contributed by atoms with Gasteiger partial charge in [0.1, 0.15) is 0 Å². The molecular formula is C12H26N2O3S. The fraction of sp³-hybridized carbons (Fsp3) is 1.00. The summed E-state index contributed by atoms with van der Waals surface area (Å²) in [6, 6.07) is 0. The summed E-state index contributed by atoms with van der Waals surface area (Å²) in [6.07, 6.45) is 2.45. The lowest BCUT2D eigenvalue weighted by molar-refractivity contribution is 0.211. The van der Waals surface area contributed by atoms with Crippen molar-refractivity contribution in [1.82, 2.24) is 9.03 Å². The summed E-state index contributed by atoms with van der Waals surface area (Å²) in [5.74, 6) is 0.613. The second-order valence-electron chi connectivity index (χ2n) is 6.05. The third-order valence-electron chi connectivity index (χ3n) is 3.60. The summed E-state index contributed by atoms with van der Waals surface area (Å²) in [4.78, 5) is 0. The predicted molar refractivity (Wildman–Crippen MR) is 72.4 cm³/mol. The zero-order valence-corrected chi connectivity index (χ0v) is 12.5. The van der Waals surface area contributed by atoms with Crippen LogP contribution in [0, 0.1) is 11.3 Å². The molecule has 108 valence electrons. The highest BCUT2D eigenvalue weighted by atomic mass is 32.2. The average molecular weight is 278 g/mol. The van der Waals surface area contributed by atoms with Crippen molar-refractivity contribution < 1.29 is 13.5 Å². The van der Waals surface area contributed by atoms with E-state index in [1.807, 2.05) is 13.8 Å². The van der Waals surface area contributed by atoms with Crippen molar-refractivity contribution in [2.24, 2.45) is 11.3 Å². The number of hydrogen-bond acceptors (Lipinski definition) is 3. The van der Waals surface area contributed by atoms with E-state index >= 15 is 0 Å². The summed E-state index contributed by atoms with van der Waals surface area (Å²) < 4.78 is 28.4. The maximum absolute atomic E-state index is 12.1. The number of piperidine rings is 1. The zero-order chi connectivity index (χ0) is 13.8. The van der Waals surface area contributed by atoms with Crippen molar-refractivity contribution in [1.29, 1.82) is 0 Å². The maximum atomic E-state index is 12.1. The first-order valence-electron chi connectivity index (χ1n) is 6.62. The molecule has 0 bridgehead atoms. The molecule has 0 amide bonds. The fourth-order valence-corrected chi connectivity index (χ4v) is 3.44. The Labute approximate surface area is 111 Å². The fourth-order valence-electron chi connectivity index (χ4n) is 1.99. The molecule has 0 aliphatic carbocycles. The van der Waals surface area contributed by atoms with Gasteiger partial charge in [0.2, 0.25) is 0 Å². The van der Waals surface area contributed by atoms with Crippen LogP contribution in [0.2, 0.25) is 0 Å². The van der Waals surface area contributed by atoms with Gasteiger partial charge in [-0.1, -0.05) is 20.8 Å². The van der Waals surface area contributed by atoms with Gasteiger partial charge in [-0.3, -0.25) is 0 Å². The van der Waals surface area contributed by atoms with E-state index in [0.717, 1.165) is 12.8 Å². The van der Waals surface area contributed by atoms with Gasteiger partial charge in [0.05, 0.1) is 0 Å². The first-order valence-corrected chi connectivity index (χ1v) is 8.06. The molecule has 2 N–H and O–H groups in total. The molecule has 1 aliphatic rings. The molecule has 1 heterocycles. The van der Waals surface area contributed by atoms with Gasteiger partial charge in [0.15, 0.2) is 0 Å². The number of aliphatic hydroxyl groups excluding tert-OH is 1. The molecule has 18 heavy (non-hydrogen) atoms. The Morgan fingerprint density at radius 2 is 1.89 bits per heavy atom. The Kier molecular flexibility index (Phi) is 5.58. The molecule has 5 nitrogen and oxygen atoms in total. The van der Waals surface area contributed by atoms with Gasteiger partial charge in [-0.25, -0.2) is 4.72 Å². The molecule has 0 atom stereocenters. The molecule has 0 radical (unpaired) electrons. The summed E-state index contributed by atoms with van der Waals surface area (Å²) >= 11 is 0. The molecule has 1 aliphatic heterocycles. The third-order valence-corrected chi connectivity index (χ3v) is 5.16.